The molecule has 2 amide bonds. The fraction of sp³-hybridized carbons (Fsp3) is 0.333. The molecule has 59 heavy (non-hydrogen) atoms. The van der Waals surface area contributed by atoms with Gasteiger partial charge in [-0.25, -0.2) is 28.7 Å². The lowest BCUT2D eigenvalue weighted by Gasteiger charge is -2.21. The summed E-state index contributed by atoms with van der Waals surface area (Å²) in [7, 11) is 0. The minimum absolute atomic E-state index is 0. The van der Waals surface area contributed by atoms with Gasteiger partial charge in [0, 0.05) is 60.9 Å². The van der Waals surface area contributed by atoms with Gasteiger partial charge in [-0.1, -0.05) is 31.7 Å². The highest BCUT2D eigenvalue weighted by molar-refractivity contribution is 5.93. The number of aromatic nitrogens is 4. The maximum Gasteiger partial charge on any atom is 0.223 e. The maximum atomic E-state index is 14.0. The second-order valence-corrected chi connectivity index (χ2v) is 15.5. The molecule has 2 aliphatic heterocycles. The number of carbonyl (C=O) groups excluding carboxylic acids is 2. The van der Waals surface area contributed by atoms with Crippen LogP contribution in [0.25, 0.3) is 44.6 Å². The van der Waals surface area contributed by atoms with Crippen molar-refractivity contribution < 1.29 is 28.6 Å². The molecule has 0 unspecified atom stereocenters. The minimum Gasteiger partial charge on any atom is -0.507 e. The molecule has 4 heterocycles. The van der Waals surface area contributed by atoms with Crippen LogP contribution in [0.5, 0.6) is 11.5 Å². The molecule has 2 saturated heterocycles. The maximum absolute atomic E-state index is 14.0. The average Bonchev–Trinajstić information content (AvgIpc) is 4.16. The molecule has 4 aromatic carbocycles. The van der Waals surface area contributed by atoms with Crippen molar-refractivity contribution in [3.8, 4) is 34.3 Å². The van der Waals surface area contributed by atoms with E-state index in [-0.39, 0.29) is 66.3 Å². The summed E-state index contributed by atoms with van der Waals surface area (Å²) in [6.07, 6.45) is 5.52. The smallest absolute Gasteiger partial charge is 0.223 e. The number of phenolic OH excluding ortho intramolecular Hbond substituents is 2. The first kappa shape index (κ1) is 39.4. The number of nitrogens with zero attached hydrogens (tertiary/aromatic N) is 6. The predicted molar refractivity (Wildman–Crippen MR) is 223 cm³/mol. The summed E-state index contributed by atoms with van der Waals surface area (Å²) in [6, 6.07) is 22.8. The standard InChI is InChI=1S/2C22H21FN4O2.CH4/c2*23-14-7-8-18-17(11-14)21(26-20(25-18)16-3-1-2-4-19(16)28)27-10-9-15(12-27)24-22(29)13-5-6-13;/h2*1-4,7-8,11,13,15,28H,5-6,9-10,12H2,(H,24,29);1H4/t2*15-;/m11./s1. The fourth-order valence-electron chi connectivity index (χ4n) is 7.69. The number of fused-ring (bicyclic) bond motifs is 2. The average molecular weight is 801 g/mol. The van der Waals surface area contributed by atoms with E-state index in [0.29, 0.717) is 82.4 Å². The normalized spacial score (nSPS) is 18.6. The summed E-state index contributed by atoms with van der Waals surface area (Å²) in [5, 5.41) is 28.0. The second-order valence-electron chi connectivity index (χ2n) is 15.5. The zero-order chi connectivity index (χ0) is 39.9. The fourth-order valence-corrected chi connectivity index (χ4v) is 7.69. The molecule has 0 bridgehead atoms. The van der Waals surface area contributed by atoms with Gasteiger partial charge in [0.15, 0.2) is 11.6 Å². The summed E-state index contributed by atoms with van der Waals surface area (Å²) in [5.41, 5.74) is 2.27. The molecule has 304 valence electrons. The largest absolute Gasteiger partial charge is 0.507 e. The van der Waals surface area contributed by atoms with Gasteiger partial charge < -0.3 is 30.6 Å². The molecule has 2 aliphatic carbocycles. The minimum atomic E-state index is -0.351. The molecule has 4 N–H and O–H groups in total. The number of hydrogen-bond acceptors (Lipinski definition) is 10. The molecule has 2 saturated carbocycles. The molecule has 2 aromatic heterocycles. The Hall–Kier alpha value is -6.44. The van der Waals surface area contributed by atoms with Gasteiger partial charge in [-0.05, 0) is 99.2 Å². The third-order valence-electron chi connectivity index (χ3n) is 11.1. The molecule has 0 spiro atoms. The van der Waals surface area contributed by atoms with E-state index in [1.807, 2.05) is 12.1 Å². The zero-order valence-electron chi connectivity index (χ0n) is 31.6. The Morgan fingerprint density at radius 3 is 1.37 bits per heavy atom. The number of para-hydroxylation sites is 2. The summed E-state index contributed by atoms with van der Waals surface area (Å²) in [6.45, 7) is 2.64. The quantitative estimate of drug-likeness (QED) is 0.125. The van der Waals surface area contributed by atoms with E-state index in [1.54, 1.807) is 48.5 Å². The van der Waals surface area contributed by atoms with Crippen molar-refractivity contribution >= 4 is 45.3 Å². The summed E-state index contributed by atoms with van der Waals surface area (Å²) in [5.74, 6) is 2.11. The van der Waals surface area contributed by atoms with Crippen LogP contribution >= 0.6 is 0 Å². The van der Waals surface area contributed by atoms with E-state index < -0.39 is 0 Å². The number of phenols is 2. The number of halogens is 2. The van der Waals surface area contributed by atoms with E-state index in [2.05, 4.69) is 30.4 Å². The molecule has 2 atom stereocenters. The number of aromatic hydroxyl groups is 2. The van der Waals surface area contributed by atoms with Crippen molar-refractivity contribution in [1.29, 1.82) is 0 Å². The number of carbonyl (C=O) groups is 2. The Bertz CT molecular complexity index is 2370. The molecule has 10 rings (SSSR count). The first-order chi connectivity index (χ1) is 28.2. The number of anilines is 2. The van der Waals surface area contributed by atoms with Crippen molar-refractivity contribution in [2.45, 2.75) is 58.0 Å². The summed E-state index contributed by atoms with van der Waals surface area (Å²) >= 11 is 0. The van der Waals surface area contributed by atoms with Gasteiger partial charge in [-0.2, -0.15) is 0 Å². The van der Waals surface area contributed by atoms with Gasteiger partial charge in [-0.3, -0.25) is 9.59 Å². The molecule has 6 aromatic rings. The van der Waals surface area contributed by atoms with Crippen LogP contribution in [0.3, 0.4) is 0 Å². The SMILES string of the molecule is C.O=C(N[C@@H]1CCN(c2nc(-c3ccccc3O)nc3ccc(F)cc23)C1)C1CC1.O=C(N[C@@H]1CCN(c2nc(-c3ccccc3O)nc3ccc(F)cc23)C1)C1CC1. The number of nitrogens with one attached hydrogen (secondary N) is 2. The lowest BCUT2D eigenvalue weighted by molar-refractivity contribution is -0.123. The topological polar surface area (TPSA) is 157 Å². The van der Waals surface area contributed by atoms with Crippen LogP contribution in [0, 0.1) is 23.5 Å². The number of rotatable bonds is 8. The monoisotopic (exact) mass is 800 g/mol. The van der Waals surface area contributed by atoms with Gasteiger partial charge >= 0.3 is 0 Å². The third kappa shape index (κ3) is 8.57. The molecule has 0 radical (unpaired) electrons. The van der Waals surface area contributed by atoms with Gasteiger partial charge in [0.25, 0.3) is 0 Å². The first-order valence-corrected chi connectivity index (χ1v) is 19.8. The zero-order valence-corrected chi connectivity index (χ0v) is 31.6. The van der Waals surface area contributed by atoms with E-state index in [0.717, 1.165) is 38.5 Å². The van der Waals surface area contributed by atoms with Crippen LogP contribution in [-0.4, -0.2) is 80.2 Å². The van der Waals surface area contributed by atoms with Crippen LogP contribution in [0.1, 0.15) is 46.0 Å². The van der Waals surface area contributed by atoms with Crippen molar-refractivity contribution in [3.05, 3.63) is 96.6 Å². The van der Waals surface area contributed by atoms with E-state index >= 15 is 0 Å². The van der Waals surface area contributed by atoms with Crippen molar-refractivity contribution in [1.82, 2.24) is 30.6 Å². The molecule has 4 fully saturated rings. The summed E-state index contributed by atoms with van der Waals surface area (Å²) < 4.78 is 27.9. The van der Waals surface area contributed by atoms with Gasteiger partial charge in [0.2, 0.25) is 11.8 Å². The van der Waals surface area contributed by atoms with Crippen LogP contribution in [-0.2, 0) is 9.59 Å². The Morgan fingerprint density at radius 1 is 0.576 bits per heavy atom. The van der Waals surface area contributed by atoms with Crippen LogP contribution < -0.4 is 20.4 Å². The number of benzene rings is 4. The lowest BCUT2D eigenvalue weighted by atomic mass is 10.1. The van der Waals surface area contributed by atoms with Crippen molar-refractivity contribution in [3.63, 3.8) is 0 Å². The summed E-state index contributed by atoms with van der Waals surface area (Å²) in [4.78, 5) is 46.8. The molecular formula is C45H46F2N8O4. The Morgan fingerprint density at radius 2 is 0.983 bits per heavy atom. The van der Waals surface area contributed by atoms with Gasteiger partial charge in [-0.15, -0.1) is 0 Å². The van der Waals surface area contributed by atoms with Crippen LogP contribution in [0.2, 0.25) is 0 Å². The van der Waals surface area contributed by atoms with E-state index in [9.17, 15) is 28.6 Å². The third-order valence-corrected chi connectivity index (χ3v) is 11.1. The van der Waals surface area contributed by atoms with Crippen molar-refractivity contribution in [2.75, 3.05) is 36.0 Å². The van der Waals surface area contributed by atoms with Crippen LogP contribution in [0.4, 0.5) is 20.4 Å². The Labute approximate surface area is 340 Å². The highest BCUT2D eigenvalue weighted by Crippen LogP contribution is 2.36. The lowest BCUT2D eigenvalue weighted by Crippen LogP contribution is -2.38. The molecule has 4 aliphatic rings. The highest BCUT2D eigenvalue weighted by atomic mass is 19.1. The van der Waals surface area contributed by atoms with Crippen LogP contribution in [0.15, 0.2) is 84.9 Å². The van der Waals surface area contributed by atoms with E-state index in [1.165, 1.54) is 24.3 Å². The predicted octanol–water partition coefficient (Wildman–Crippen LogP) is 7.13. The number of hydrogen-bond donors (Lipinski definition) is 4. The number of amides is 2. The molecular weight excluding hydrogens is 755 g/mol. The van der Waals surface area contributed by atoms with Crippen molar-refractivity contribution in [2.24, 2.45) is 11.8 Å². The Balaban J connectivity index is 0.000000161. The van der Waals surface area contributed by atoms with E-state index in [4.69, 9.17) is 9.97 Å². The molecule has 14 heteroatoms. The molecule has 12 nitrogen and oxygen atoms in total. The van der Waals surface area contributed by atoms with Gasteiger partial charge in [0.1, 0.15) is 34.8 Å². The van der Waals surface area contributed by atoms with Gasteiger partial charge in [0.05, 0.1) is 22.2 Å². The second kappa shape index (κ2) is 16.4. The Kier molecular flexibility index (Phi) is 11.0. The highest BCUT2D eigenvalue weighted by Gasteiger charge is 2.35. The first-order valence-electron chi connectivity index (χ1n) is 19.8.